The van der Waals surface area contributed by atoms with Gasteiger partial charge in [-0.2, -0.15) is 13.1 Å². The van der Waals surface area contributed by atoms with Gasteiger partial charge in [-0.3, -0.25) is 0 Å². The highest BCUT2D eigenvalue weighted by molar-refractivity contribution is 7.88. The van der Waals surface area contributed by atoms with Crippen LogP contribution in [0, 0.1) is 0 Å². The van der Waals surface area contributed by atoms with E-state index in [-0.39, 0.29) is 25.9 Å². The molecule has 0 spiro atoms. The number of carbonyl (C=O) groups is 1. The summed E-state index contributed by atoms with van der Waals surface area (Å²) < 4.78 is 36.1. The minimum absolute atomic E-state index is 0.0296. The van der Waals surface area contributed by atoms with E-state index < -0.39 is 16.3 Å². The van der Waals surface area contributed by atoms with Gasteiger partial charge in [-0.25, -0.2) is 9.52 Å². The standard InChI is InChI=1S/C9H20N2O5S/c1-4-6-16-9(12)11-17(13,14)10-5-7-15-8(2)3/h8,10H,4-7H2,1-3H3,(H,11,12). The molecule has 2 N–H and O–H groups in total. The Hall–Kier alpha value is -0.860. The minimum atomic E-state index is -3.86. The number of ether oxygens (including phenoxy) is 2. The van der Waals surface area contributed by atoms with Crippen molar-refractivity contribution in [3.63, 3.8) is 0 Å². The summed E-state index contributed by atoms with van der Waals surface area (Å²) in [6.07, 6.45) is -0.325. The third kappa shape index (κ3) is 10.0. The van der Waals surface area contributed by atoms with Crippen molar-refractivity contribution in [2.24, 2.45) is 0 Å². The summed E-state index contributed by atoms with van der Waals surface area (Å²) in [6.45, 7) is 6.00. The van der Waals surface area contributed by atoms with Crippen LogP contribution in [0.3, 0.4) is 0 Å². The maximum absolute atomic E-state index is 11.3. The number of carbonyl (C=O) groups excluding carboxylic acids is 1. The van der Waals surface area contributed by atoms with Gasteiger partial charge >= 0.3 is 16.3 Å². The normalized spacial score (nSPS) is 11.5. The molecule has 0 unspecified atom stereocenters. The van der Waals surface area contributed by atoms with Gasteiger partial charge in [0.1, 0.15) is 0 Å². The Morgan fingerprint density at radius 2 is 1.94 bits per heavy atom. The van der Waals surface area contributed by atoms with E-state index >= 15 is 0 Å². The molecule has 0 rings (SSSR count). The van der Waals surface area contributed by atoms with Crippen molar-refractivity contribution in [3.05, 3.63) is 0 Å². The van der Waals surface area contributed by atoms with Crippen molar-refractivity contribution in [2.75, 3.05) is 19.8 Å². The molecule has 0 aromatic heterocycles. The molecular formula is C9H20N2O5S. The maximum Gasteiger partial charge on any atom is 0.421 e. The zero-order valence-corrected chi connectivity index (χ0v) is 11.2. The first kappa shape index (κ1) is 16.1. The fourth-order valence-corrected chi connectivity index (χ4v) is 1.54. The fraction of sp³-hybridized carbons (Fsp3) is 0.889. The highest BCUT2D eigenvalue weighted by Crippen LogP contribution is 1.87. The summed E-state index contributed by atoms with van der Waals surface area (Å²) in [5.74, 6) is 0. The first-order valence-electron chi connectivity index (χ1n) is 5.43. The van der Waals surface area contributed by atoms with E-state index in [0.717, 1.165) is 0 Å². The Morgan fingerprint density at radius 1 is 1.29 bits per heavy atom. The molecule has 0 aromatic carbocycles. The Bertz CT molecular complexity index is 315. The van der Waals surface area contributed by atoms with Crippen LogP contribution in [0.25, 0.3) is 0 Å². The number of amides is 1. The van der Waals surface area contributed by atoms with Crippen LogP contribution in [-0.2, 0) is 19.7 Å². The SMILES string of the molecule is CCCOC(=O)NS(=O)(=O)NCCOC(C)C. The van der Waals surface area contributed by atoms with Crippen LogP contribution in [0.1, 0.15) is 27.2 Å². The molecule has 0 saturated heterocycles. The van der Waals surface area contributed by atoms with E-state index in [0.29, 0.717) is 6.42 Å². The fourth-order valence-electron chi connectivity index (χ4n) is 0.841. The summed E-state index contributed by atoms with van der Waals surface area (Å²) >= 11 is 0. The van der Waals surface area contributed by atoms with Gasteiger partial charge in [-0.15, -0.1) is 0 Å². The van der Waals surface area contributed by atoms with Crippen LogP contribution in [0.4, 0.5) is 4.79 Å². The Kier molecular flexibility index (Phi) is 7.85. The van der Waals surface area contributed by atoms with Gasteiger partial charge in [0.05, 0.1) is 19.3 Å². The molecule has 0 aromatic rings. The topological polar surface area (TPSA) is 93.7 Å². The monoisotopic (exact) mass is 268 g/mol. The number of rotatable bonds is 8. The highest BCUT2D eigenvalue weighted by Gasteiger charge is 2.14. The number of nitrogens with one attached hydrogen (secondary N) is 2. The van der Waals surface area contributed by atoms with E-state index in [1.165, 1.54) is 0 Å². The van der Waals surface area contributed by atoms with Crippen LogP contribution in [0.5, 0.6) is 0 Å². The summed E-state index contributed by atoms with van der Waals surface area (Å²) in [4.78, 5) is 11.0. The molecular weight excluding hydrogens is 248 g/mol. The average Bonchev–Trinajstić information content (AvgIpc) is 2.20. The summed E-state index contributed by atoms with van der Waals surface area (Å²) in [5, 5.41) is 0. The number of hydrogen-bond donors (Lipinski definition) is 2. The van der Waals surface area contributed by atoms with Gasteiger partial charge < -0.3 is 9.47 Å². The maximum atomic E-state index is 11.3. The molecule has 0 radical (unpaired) electrons. The van der Waals surface area contributed by atoms with E-state index in [1.54, 1.807) is 4.72 Å². The first-order chi connectivity index (χ1) is 7.87. The van der Waals surface area contributed by atoms with Crippen molar-refractivity contribution in [3.8, 4) is 0 Å². The van der Waals surface area contributed by atoms with Crippen LogP contribution >= 0.6 is 0 Å². The molecule has 0 atom stereocenters. The predicted octanol–water partition coefficient (Wildman–Crippen LogP) is 0.382. The summed E-state index contributed by atoms with van der Waals surface area (Å²) in [7, 11) is -3.86. The predicted molar refractivity (Wildman–Crippen MR) is 62.8 cm³/mol. The van der Waals surface area contributed by atoms with Gasteiger partial charge in [0.25, 0.3) is 0 Å². The molecule has 0 saturated carbocycles. The van der Waals surface area contributed by atoms with Crippen LogP contribution in [-0.4, -0.2) is 40.4 Å². The second kappa shape index (κ2) is 8.26. The first-order valence-corrected chi connectivity index (χ1v) is 6.91. The zero-order valence-electron chi connectivity index (χ0n) is 10.4. The molecule has 0 bridgehead atoms. The van der Waals surface area contributed by atoms with Crippen molar-refractivity contribution in [1.82, 2.24) is 9.44 Å². The lowest BCUT2D eigenvalue weighted by Crippen LogP contribution is -2.42. The summed E-state index contributed by atoms with van der Waals surface area (Å²) in [5.41, 5.74) is 0. The van der Waals surface area contributed by atoms with E-state index in [9.17, 15) is 13.2 Å². The van der Waals surface area contributed by atoms with E-state index in [1.807, 2.05) is 20.8 Å². The third-order valence-corrected chi connectivity index (χ3v) is 2.52. The van der Waals surface area contributed by atoms with Gasteiger partial charge in [-0.05, 0) is 20.3 Å². The minimum Gasteiger partial charge on any atom is -0.449 e. The second-order valence-corrected chi connectivity index (χ2v) is 5.05. The average molecular weight is 268 g/mol. The highest BCUT2D eigenvalue weighted by atomic mass is 32.2. The molecule has 1 amide bonds. The molecule has 102 valence electrons. The third-order valence-electron chi connectivity index (χ3n) is 1.50. The lowest BCUT2D eigenvalue weighted by Gasteiger charge is -2.10. The van der Waals surface area contributed by atoms with Gasteiger partial charge in [0.2, 0.25) is 0 Å². The summed E-state index contributed by atoms with van der Waals surface area (Å²) in [6, 6.07) is 0. The molecule has 0 heterocycles. The second-order valence-electron chi connectivity index (χ2n) is 3.56. The molecule has 0 aliphatic heterocycles. The largest absolute Gasteiger partial charge is 0.449 e. The zero-order chi connectivity index (χ0) is 13.3. The molecule has 8 heteroatoms. The van der Waals surface area contributed by atoms with Gasteiger partial charge in [0, 0.05) is 6.54 Å². The quantitative estimate of drug-likeness (QED) is 0.621. The van der Waals surface area contributed by atoms with Crippen molar-refractivity contribution >= 4 is 16.3 Å². The van der Waals surface area contributed by atoms with Crippen molar-refractivity contribution in [1.29, 1.82) is 0 Å². The van der Waals surface area contributed by atoms with Gasteiger partial charge in [-0.1, -0.05) is 6.92 Å². The van der Waals surface area contributed by atoms with Crippen molar-refractivity contribution in [2.45, 2.75) is 33.3 Å². The molecule has 7 nitrogen and oxygen atoms in total. The van der Waals surface area contributed by atoms with E-state index in [4.69, 9.17) is 4.74 Å². The lowest BCUT2D eigenvalue weighted by atomic mass is 10.5. The Balaban J connectivity index is 3.83. The van der Waals surface area contributed by atoms with Crippen LogP contribution in [0.15, 0.2) is 0 Å². The molecule has 0 fully saturated rings. The van der Waals surface area contributed by atoms with E-state index in [2.05, 4.69) is 9.46 Å². The molecule has 17 heavy (non-hydrogen) atoms. The molecule has 0 aliphatic carbocycles. The number of hydrogen-bond acceptors (Lipinski definition) is 5. The smallest absolute Gasteiger partial charge is 0.421 e. The Morgan fingerprint density at radius 3 is 2.47 bits per heavy atom. The lowest BCUT2D eigenvalue weighted by molar-refractivity contribution is 0.0833. The van der Waals surface area contributed by atoms with Crippen LogP contribution in [0.2, 0.25) is 0 Å². The molecule has 0 aliphatic rings. The van der Waals surface area contributed by atoms with Crippen molar-refractivity contribution < 1.29 is 22.7 Å². The van der Waals surface area contributed by atoms with Gasteiger partial charge in [0.15, 0.2) is 0 Å². The van der Waals surface area contributed by atoms with Crippen LogP contribution < -0.4 is 9.44 Å². The Labute approximate surface area is 102 Å².